The van der Waals surface area contributed by atoms with E-state index in [1.807, 2.05) is 6.20 Å². The molecule has 2 aromatic heterocycles. The lowest BCUT2D eigenvalue weighted by atomic mass is 10.4. The van der Waals surface area contributed by atoms with Crippen LogP contribution in [0, 0.1) is 0 Å². The second kappa shape index (κ2) is 3.08. The molecule has 0 saturated heterocycles. The molecule has 0 aliphatic rings. The average molecular weight is 163 g/mol. The van der Waals surface area contributed by atoms with Crippen LogP contribution < -0.4 is 5.32 Å². The molecule has 0 aliphatic carbocycles. The van der Waals surface area contributed by atoms with Gasteiger partial charge in [0.05, 0.1) is 6.20 Å². The fourth-order valence-electron chi connectivity index (χ4n) is 0.922. The van der Waals surface area contributed by atoms with E-state index >= 15 is 0 Å². The molecule has 2 aromatic rings. The van der Waals surface area contributed by atoms with Gasteiger partial charge < -0.3 is 10.3 Å². The minimum atomic E-state index is 0.726. The third-order valence-corrected chi connectivity index (χ3v) is 1.51. The number of hydrogen-bond donors (Lipinski definition) is 3. The molecular formula is C7H9N5. The number of hydrogen-bond acceptors (Lipinski definition) is 3. The molecule has 0 aromatic carbocycles. The molecule has 62 valence electrons. The monoisotopic (exact) mass is 163 g/mol. The van der Waals surface area contributed by atoms with Crippen LogP contribution in [-0.4, -0.2) is 20.2 Å². The first-order chi connectivity index (χ1) is 5.95. The van der Waals surface area contributed by atoms with E-state index in [0.29, 0.717) is 0 Å². The molecule has 2 heterocycles. The SMILES string of the molecule is c1c[nH]c(NCc2cn[nH]c2)n1. The molecule has 12 heavy (non-hydrogen) atoms. The van der Waals surface area contributed by atoms with Crippen molar-refractivity contribution in [2.75, 3.05) is 5.32 Å². The maximum absolute atomic E-state index is 4.02. The van der Waals surface area contributed by atoms with Crippen molar-refractivity contribution in [1.29, 1.82) is 0 Å². The van der Waals surface area contributed by atoms with Crippen molar-refractivity contribution in [2.24, 2.45) is 0 Å². The maximum Gasteiger partial charge on any atom is 0.200 e. The van der Waals surface area contributed by atoms with Crippen LogP contribution in [0.3, 0.4) is 0 Å². The largest absolute Gasteiger partial charge is 0.352 e. The van der Waals surface area contributed by atoms with Crippen molar-refractivity contribution in [2.45, 2.75) is 6.54 Å². The molecular weight excluding hydrogens is 154 g/mol. The van der Waals surface area contributed by atoms with Gasteiger partial charge in [-0.15, -0.1) is 0 Å². The molecule has 5 nitrogen and oxygen atoms in total. The zero-order valence-corrected chi connectivity index (χ0v) is 6.41. The van der Waals surface area contributed by atoms with E-state index < -0.39 is 0 Å². The van der Waals surface area contributed by atoms with E-state index in [-0.39, 0.29) is 0 Å². The van der Waals surface area contributed by atoms with Gasteiger partial charge in [0.1, 0.15) is 0 Å². The minimum Gasteiger partial charge on any atom is -0.352 e. The highest BCUT2D eigenvalue weighted by Gasteiger charge is 1.94. The molecule has 0 unspecified atom stereocenters. The number of aromatic amines is 2. The quantitative estimate of drug-likeness (QED) is 0.625. The van der Waals surface area contributed by atoms with Gasteiger partial charge in [-0.25, -0.2) is 4.98 Å². The lowest BCUT2D eigenvalue weighted by Crippen LogP contribution is -1.99. The Morgan fingerprint density at radius 3 is 3.17 bits per heavy atom. The van der Waals surface area contributed by atoms with Crippen LogP contribution >= 0.6 is 0 Å². The predicted octanol–water partition coefficient (Wildman–Crippen LogP) is 0.745. The summed E-state index contributed by atoms with van der Waals surface area (Å²) in [5, 5.41) is 9.67. The van der Waals surface area contributed by atoms with E-state index in [1.165, 1.54) is 0 Å². The smallest absolute Gasteiger partial charge is 0.200 e. The van der Waals surface area contributed by atoms with Crippen LogP contribution in [-0.2, 0) is 6.54 Å². The highest BCUT2D eigenvalue weighted by molar-refractivity contribution is 5.24. The number of nitrogens with one attached hydrogen (secondary N) is 3. The third kappa shape index (κ3) is 1.45. The molecule has 0 saturated carbocycles. The molecule has 0 fully saturated rings. The first kappa shape index (κ1) is 6.90. The maximum atomic E-state index is 4.02. The molecule has 0 spiro atoms. The first-order valence-corrected chi connectivity index (χ1v) is 3.66. The summed E-state index contributed by atoms with van der Waals surface area (Å²) in [6.07, 6.45) is 7.10. The minimum absolute atomic E-state index is 0.726. The summed E-state index contributed by atoms with van der Waals surface area (Å²) in [4.78, 5) is 6.97. The molecule has 3 N–H and O–H groups in total. The molecule has 0 radical (unpaired) electrons. The van der Waals surface area contributed by atoms with Crippen molar-refractivity contribution in [3.8, 4) is 0 Å². The number of rotatable bonds is 3. The van der Waals surface area contributed by atoms with E-state index in [2.05, 4.69) is 25.5 Å². The van der Waals surface area contributed by atoms with Crippen LogP contribution in [0.15, 0.2) is 24.8 Å². The Morgan fingerprint density at radius 2 is 2.50 bits per heavy atom. The fourth-order valence-corrected chi connectivity index (χ4v) is 0.922. The fraction of sp³-hybridized carbons (Fsp3) is 0.143. The molecule has 2 rings (SSSR count). The number of aromatic nitrogens is 4. The molecule has 0 atom stereocenters. The number of anilines is 1. The van der Waals surface area contributed by atoms with E-state index in [1.54, 1.807) is 18.6 Å². The standard InChI is InChI=1S/C7H9N5/c1-2-9-7(8-1)10-3-6-4-11-12-5-6/h1-2,4-5H,3H2,(H,11,12)(H2,8,9,10). The Hall–Kier alpha value is -1.78. The van der Waals surface area contributed by atoms with Gasteiger partial charge in [-0.3, -0.25) is 5.10 Å². The van der Waals surface area contributed by atoms with Gasteiger partial charge in [-0.1, -0.05) is 0 Å². The average Bonchev–Trinajstić information content (AvgIpc) is 2.74. The van der Waals surface area contributed by atoms with Crippen molar-refractivity contribution >= 4 is 5.95 Å². The van der Waals surface area contributed by atoms with Gasteiger partial charge in [0.2, 0.25) is 0 Å². The third-order valence-electron chi connectivity index (χ3n) is 1.51. The van der Waals surface area contributed by atoms with Crippen LogP contribution in [0.2, 0.25) is 0 Å². The second-order valence-corrected chi connectivity index (χ2v) is 2.40. The molecule has 0 aliphatic heterocycles. The molecule has 5 heteroatoms. The Labute approximate surface area is 69.2 Å². The summed E-state index contributed by atoms with van der Waals surface area (Å²) in [5.74, 6) is 0.774. The number of H-pyrrole nitrogens is 2. The van der Waals surface area contributed by atoms with E-state index in [9.17, 15) is 0 Å². The van der Waals surface area contributed by atoms with Gasteiger partial charge in [0.25, 0.3) is 0 Å². The van der Waals surface area contributed by atoms with Crippen LogP contribution in [0.25, 0.3) is 0 Å². The lowest BCUT2D eigenvalue weighted by molar-refractivity contribution is 1.09. The lowest BCUT2D eigenvalue weighted by Gasteiger charge is -1.97. The molecule has 0 amide bonds. The van der Waals surface area contributed by atoms with Crippen molar-refractivity contribution in [3.05, 3.63) is 30.4 Å². The molecule has 0 bridgehead atoms. The summed E-state index contributed by atoms with van der Waals surface area (Å²) in [6.45, 7) is 0.726. The summed E-state index contributed by atoms with van der Waals surface area (Å²) < 4.78 is 0. The summed E-state index contributed by atoms with van der Waals surface area (Å²) >= 11 is 0. The topological polar surface area (TPSA) is 69.4 Å². The van der Waals surface area contributed by atoms with Crippen molar-refractivity contribution in [1.82, 2.24) is 20.2 Å². The Kier molecular flexibility index (Phi) is 1.77. The van der Waals surface area contributed by atoms with Gasteiger partial charge in [-0.2, -0.15) is 5.10 Å². The highest BCUT2D eigenvalue weighted by atomic mass is 15.1. The van der Waals surface area contributed by atoms with Gasteiger partial charge in [0, 0.05) is 30.7 Å². The van der Waals surface area contributed by atoms with E-state index in [0.717, 1.165) is 18.1 Å². The summed E-state index contributed by atoms with van der Waals surface area (Å²) in [5.41, 5.74) is 1.10. The zero-order chi connectivity index (χ0) is 8.23. The number of imidazole rings is 1. The summed E-state index contributed by atoms with van der Waals surface area (Å²) in [6, 6.07) is 0. The van der Waals surface area contributed by atoms with Crippen molar-refractivity contribution in [3.63, 3.8) is 0 Å². The normalized spacial score (nSPS) is 10.0. The first-order valence-electron chi connectivity index (χ1n) is 3.66. The van der Waals surface area contributed by atoms with Crippen LogP contribution in [0.4, 0.5) is 5.95 Å². The number of nitrogens with zero attached hydrogens (tertiary/aromatic N) is 2. The Bertz CT molecular complexity index is 275. The van der Waals surface area contributed by atoms with Gasteiger partial charge in [-0.05, 0) is 0 Å². The Morgan fingerprint density at radius 1 is 1.50 bits per heavy atom. The van der Waals surface area contributed by atoms with Crippen LogP contribution in [0.1, 0.15) is 5.56 Å². The van der Waals surface area contributed by atoms with E-state index in [4.69, 9.17) is 0 Å². The van der Waals surface area contributed by atoms with Gasteiger partial charge in [0.15, 0.2) is 5.95 Å². The van der Waals surface area contributed by atoms with Gasteiger partial charge >= 0.3 is 0 Å². The zero-order valence-electron chi connectivity index (χ0n) is 6.41. The highest BCUT2D eigenvalue weighted by Crippen LogP contribution is 1.99. The second-order valence-electron chi connectivity index (χ2n) is 2.40. The van der Waals surface area contributed by atoms with Crippen LogP contribution in [0.5, 0.6) is 0 Å². The Balaban J connectivity index is 1.91. The summed E-state index contributed by atoms with van der Waals surface area (Å²) in [7, 11) is 0. The predicted molar refractivity (Wildman–Crippen MR) is 44.5 cm³/mol. The van der Waals surface area contributed by atoms with Crippen molar-refractivity contribution < 1.29 is 0 Å².